The lowest BCUT2D eigenvalue weighted by molar-refractivity contribution is -0.137. The van der Waals surface area contributed by atoms with Gasteiger partial charge in [0.1, 0.15) is 17.9 Å². The summed E-state index contributed by atoms with van der Waals surface area (Å²) in [6.45, 7) is 4.16. The molecule has 17 heteroatoms. The topological polar surface area (TPSA) is 135 Å². The highest BCUT2D eigenvalue weighted by Crippen LogP contribution is 2.34. The average Bonchev–Trinajstić information content (AvgIpc) is 3.63. The van der Waals surface area contributed by atoms with Crippen LogP contribution in [-0.4, -0.2) is 74.2 Å². The number of fused-ring (bicyclic) bond motifs is 1. The van der Waals surface area contributed by atoms with Crippen molar-refractivity contribution in [3.8, 4) is 0 Å². The van der Waals surface area contributed by atoms with Crippen LogP contribution in [0.3, 0.4) is 0 Å². The number of piperazine rings is 1. The minimum absolute atomic E-state index is 0.0107. The van der Waals surface area contributed by atoms with Crippen LogP contribution in [0.5, 0.6) is 0 Å². The lowest BCUT2D eigenvalue weighted by Crippen LogP contribution is -2.50. The van der Waals surface area contributed by atoms with Crippen molar-refractivity contribution in [2.45, 2.75) is 32.5 Å². The van der Waals surface area contributed by atoms with Gasteiger partial charge in [-0.05, 0) is 36.6 Å². The van der Waals surface area contributed by atoms with E-state index in [-0.39, 0.29) is 28.6 Å². The monoisotopic (exact) mass is 661 g/mol. The zero-order chi connectivity index (χ0) is 32.7. The molecule has 13 nitrogen and oxygen atoms in total. The number of H-pyrrole nitrogens is 1. The predicted molar refractivity (Wildman–Crippen MR) is 166 cm³/mol. The third-order valence-electron chi connectivity index (χ3n) is 8.14. The van der Waals surface area contributed by atoms with Gasteiger partial charge in [-0.15, -0.1) is 5.10 Å². The number of carbonyl (C=O) groups is 1. The second-order valence-corrected chi connectivity index (χ2v) is 11.4. The smallest absolute Gasteiger partial charge is 0.377 e. The summed E-state index contributed by atoms with van der Waals surface area (Å²) >= 11 is 6.10. The maximum atomic E-state index is 14.1. The van der Waals surface area contributed by atoms with Crippen LogP contribution in [0.15, 0.2) is 40.1 Å². The quantitative estimate of drug-likeness (QED) is 0.309. The summed E-state index contributed by atoms with van der Waals surface area (Å²) in [5.74, 6) is -0.0976. The van der Waals surface area contributed by atoms with Crippen LogP contribution < -0.4 is 26.2 Å². The summed E-state index contributed by atoms with van der Waals surface area (Å²) in [6.07, 6.45) is -0.191. The Balaban J connectivity index is 1.37. The molecule has 0 radical (unpaired) electrons. The predicted octanol–water partition coefficient (Wildman–Crippen LogP) is 2.92. The van der Waals surface area contributed by atoms with E-state index < -0.39 is 23.2 Å². The molecule has 0 unspecified atom stereocenters. The van der Waals surface area contributed by atoms with Gasteiger partial charge in [-0.3, -0.25) is 19.1 Å². The number of hydrogen-bond donors (Lipinski definition) is 2. The Morgan fingerprint density at radius 3 is 2.48 bits per heavy atom. The van der Waals surface area contributed by atoms with E-state index in [4.69, 9.17) is 16.3 Å². The fourth-order valence-electron chi connectivity index (χ4n) is 5.77. The number of alkyl halides is 3. The van der Waals surface area contributed by atoms with E-state index in [1.165, 1.54) is 9.20 Å². The molecule has 1 saturated heterocycles. The molecule has 46 heavy (non-hydrogen) atoms. The number of hydrogen-bond acceptors (Lipinski definition) is 8. The van der Waals surface area contributed by atoms with E-state index in [1.54, 1.807) is 17.8 Å². The number of aryl methyl sites for hydroxylation is 1. The number of amides is 1. The molecule has 0 saturated carbocycles. The van der Waals surface area contributed by atoms with Crippen LogP contribution in [0.1, 0.15) is 30.4 Å². The van der Waals surface area contributed by atoms with Crippen molar-refractivity contribution in [2.75, 3.05) is 54.5 Å². The Morgan fingerprint density at radius 1 is 1.13 bits per heavy atom. The number of carbonyl (C=O) groups excluding carboxylic acids is 1. The Labute approximate surface area is 264 Å². The van der Waals surface area contributed by atoms with Crippen molar-refractivity contribution >= 4 is 45.9 Å². The molecule has 4 aromatic rings. The van der Waals surface area contributed by atoms with Crippen molar-refractivity contribution < 1.29 is 22.7 Å². The Hall–Kier alpha value is -4.57. The molecule has 0 aliphatic carbocycles. The van der Waals surface area contributed by atoms with Crippen molar-refractivity contribution in [1.82, 2.24) is 28.9 Å². The largest absolute Gasteiger partial charge is 0.416 e. The highest BCUT2D eigenvalue weighted by Gasteiger charge is 2.32. The number of halogens is 4. The summed E-state index contributed by atoms with van der Waals surface area (Å²) < 4.78 is 49.0. The van der Waals surface area contributed by atoms with Gasteiger partial charge >= 0.3 is 6.18 Å². The first-order valence-electron chi connectivity index (χ1n) is 14.7. The summed E-state index contributed by atoms with van der Waals surface area (Å²) in [6, 6.07) is 2.68. The Kier molecular flexibility index (Phi) is 8.41. The molecule has 3 aromatic heterocycles. The second kappa shape index (κ2) is 12.3. The van der Waals surface area contributed by atoms with Crippen molar-refractivity contribution in [2.24, 2.45) is 7.05 Å². The molecule has 2 N–H and O–H groups in total. The molecule has 2 aliphatic heterocycles. The number of nitrogens with zero attached hydrogens (tertiary/aromatic N) is 7. The van der Waals surface area contributed by atoms with Crippen LogP contribution in [0.25, 0.3) is 11.4 Å². The number of rotatable bonds is 7. The van der Waals surface area contributed by atoms with E-state index in [2.05, 4.69) is 20.5 Å². The maximum Gasteiger partial charge on any atom is 0.416 e. The molecular weight excluding hydrogens is 631 g/mol. The maximum absolute atomic E-state index is 14.1. The van der Waals surface area contributed by atoms with E-state index in [1.807, 2.05) is 22.8 Å². The molecule has 5 heterocycles. The highest BCUT2D eigenvalue weighted by molar-refractivity contribution is 6.33. The molecule has 1 fully saturated rings. The second-order valence-electron chi connectivity index (χ2n) is 11.0. The third-order valence-corrected chi connectivity index (χ3v) is 8.45. The first-order valence-corrected chi connectivity index (χ1v) is 15.0. The molecule has 0 spiro atoms. The zero-order valence-corrected chi connectivity index (χ0v) is 25.8. The molecule has 6 rings (SSSR count). The number of ether oxygens (including phenoxy) is 1. The standard InChI is InChI=1S/C29H31ClF3N9O4/c1-3-21-24(40-10-8-39(9-11-40)22-15-34-38(2)26(22)44)27(45)42-28(36-25(37-42)17-6-12-46-13-7-17)41(21)16-23(43)35-20-5-4-18(14-19(20)30)29(31,32)33/h4-6,14-15,34H,3,7-13,16H2,1-2H3,(H,35,43). The first kappa shape index (κ1) is 31.4. The molecule has 1 amide bonds. The third kappa shape index (κ3) is 5.89. The molecular formula is C29H31ClF3N9O4. The van der Waals surface area contributed by atoms with E-state index in [9.17, 15) is 27.6 Å². The number of aromatic amines is 1. The van der Waals surface area contributed by atoms with Gasteiger partial charge in [0.25, 0.3) is 11.1 Å². The number of benzene rings is 1. The molecule has 0 atom stereocenters. The number of anilines is 3. The van der Waals surface area contributed by atoms with Crippen LogP contribution in [-0.2, 0) is 35.7 Å². The number of nitrogens with one attached hydrogen (secondary N) is 2. The van der Waals surface area contributed by atoms with Gasteiger partial charge in [-0.25, -0.2) is 0 Å². The van der Waals surface area contributed by atoms with Crippen LogP contribution >= 0.6 is 11.6 Å². The normalized spacial score (nSPS) is 15.8. The zero-order valence-electron chi connectivity index (χ0n) is 25.0. The van der Waals surface area contributed by atoms with Gasteiger partial charge in [0.15, 0.2) is 5.82 Å². The fraction of sp³-hybridized carbons (Fsp3) is 0.414. The molecule has 1 aromatic carbocycles. The van der Waals surface area contributed by atoms with E-state index >= 15 is 0 Å². The van der Waals surface area contributed by atoms with Gasteiger partial charge in [0, 0.05) is 39.4 Å². The summed E-state index contributed by atoms with van der Waals surface area (Å²) in [5, 5.41) is 9.75. The van der Waals surface area contributed by atoms with Gasteiger partial charge in [0.05, 0.1) is 35.2 Å². The van der Waals surface area contributed by atoms with Gasteiger partial charge in [-0.1, -0.05) is 24.6 Å². The lowest BCUT2D eigenvalue weighted by Gasteiger charge is -2.37. The molecule has 0 bridgehead atoms. The van der Waals surface area contributed by atoms with Gasteiger partial charge in [0.2, 0.25) is 11.7 Å². The van der Waals surface area contributed by atoms with Crippen LogP contribution in [0.2, 0.25) is 5.02 Å². The first-order chi connectivity index (χ1) is 22.0. The fourth-order valence-corrected chi connectivity index (χ4v) is 6.00. The highest BCUT2D eigenvalue weighted by atomic mass is 35.5. The summed E-state index contributed by atoms with van der Waals surface area (Å²) in [7, 11) is 1.64. The van der Waals surface area contributed by atoms with Crippen LogP contribution in [0, 0.1) is 0 Å². The van der Waals surface area contributed by atoms with Gasteiger partial charge in [-0.2, -0.15) is 22.7 Å². The van der Waals surface area contributed by atoms with E-state index in [0.717, 1.165) is 23.8 Å². The van der Waals surface area contributed by atoms with Crippen molar-refractivity contribution in [1.29, 1.82) is 0 Å². The Bertz CT molecular complexity index is 1950. The summed E-state index contributed by atoms with van der Waals surface area (Å²) in [5.41, 5.74) is 0.766. The van der Waals surface area contributed by atoms with Crippen molar-refractivity contribution in [3.63, 3.8) is 0 Å². The number of aromatic nitrogens is 6. The molecule has 2 aliphatic rings. The molecule has 244 valence electrons. The van der Waals surface area contributed by atoms with E-state index in [0.29, 0.717) is 75.1 Å². The van der Waals surface area contributed by atoms with Crippen LogP contribution in [0.4, 0.5) is 30.2 Å². The average molecular weight is 662 g/mol. The SMILES string of the molecule is CCc1c(N2CCN(c3c[nH]n(C)c3=O)CC2)c(=O)n2nc(C3=CCOCC3)nc2n1CC(=O)Nc1ccc(C(F)(F)F)cc1Cl. The van der Waals surface area contributed by atoms with Crippen molar-refractivity contribution in [3.05, 3.63) is 73.3 Å². The Morgan fingerprint density at radius 2 is 1.87 bits per heavy atom. The minimum Gasteiger partial charge on any atom is -0.377 e. The van der Waals surface area contributed by atoms with Gasteiger partial charge < -0.3 is 29.5 Å². The minimum atomic E-state index is -4.59. The lowest BCUT2D eigenvalue weighted by atomic mass is 10.1. The summed E-state index contributed by atoms with van der Waals surface area (Å²) in [4.78, 5) is 48.5.